The first-order valence-electron chi connectivity index (χ1n) is 10.7. The fourth-order valence-corrected chi connectivity index (χ4v) is 4.10. The molecule has 2 aromatic carbocycles. The van der Waals surface area contributed by atoms with Gasteiger partial charge in [0.15, 0.2) is 5.82 Å². The number of hydrogen-bond acceptors (Lipinski definition) is 6. The molecular weight excluding hydrogens is 440 g/mol. The van der Waals surface area contributed by atoms with Gasteiger partial charge in [0.1, 0.15) is 18.3 Å². The Bertz CT molecular complexity index is 1190. The highest BCUT2D eigenvalue weighted by atomic mass is 16.5. The molecule has 1 aromatic heterocycles. The molecule has 0 saturated carbocycles. The first-order valence-corrected chi connectivity index (χ1v) is 10.7. The molecule has 1 unspecified atom stereocenters. The molecular formula is C24H24N4O6. The lowest BCUT2D eigenvalue weighted by atomic mass is 9.98. The number of rotatable bonds is 8. The number of nitrogens with one attached hydrogen (secondary N) is 2. The number of aromatic nitrogens is 2. The Hall–Kier alpha value is -4.18. The van der Waals surface area contributed by atoms with Crippen LogP contribution in [0.15, 0.2) is 54.6 Å². The topological polar surface area (TPSA) is 143 Å². The Morgan fingerprint density at radius 2 is 1.71 bits per heavy atom. The number of aliphatic hydroxyl groups excluding tert-OH is 1. The number of benzene rings is 2. The number of carboxylic acid groups (broad SMARTS) is 1. The van der Waals surface area contributed by atoms with E-state index in [0.29, 0.717) is 0 Å². The van der Waals surface area contributed by atoms with Gasteiger partial charge in [-0.15, -0.1) is 0 Å². The molecule has 0 bridgehead atoms. The lowest BCUT2D eigenvalue weighted by Gasteiger charge is -2.14. The molecule has 0 radical (unpaired) electrons. The van der Waals surface area contributed by atoms with E-state index in [-0.39, 0.29) is 30.5 Å². The predicted molar refractivity (Wildman–Crippen MR) is 122 cm³/mol. The van der Waals surface area contributed by atoms with Gasteiger partial charge < -0.3 is 20.3 Å². The van der Waals surface area contributed by atoms with Crippen LogP contribution in [0.4, 0.5) is 10.6 Å². The van der Waals surface area contributed by atoms with Gasteiger partial charge in [-0.3, -0.25) is 14.8 Å². The number of fused-ring (bicyclic) bond motifs is 3. The van der Waals surface area contributed by atoms with Crippen LogP contribution in [0.1, 0.15) is 34.0 Å². The highest BCUT2D eigenvalue weighted by Gasteiger charge is 2.29. The quantitative estimate of drug-likeness (QED) is 0.401. The van der Waals surface area contributed by atoms with E-state index in [1.54, 1.807) is 0 Å². The fourth-order valence-electron chi connectivity index (χ4n) is 4.10. The van der Waals surface area contributed by atoms with Crippen LogP contribution in [0.3, 0.4) is 0 Å². The van der Waals surface area contributed by atoms with E-state index in [2.05, 4.69) is 15.7 Å². The summed E-state index contributed by atoms with van der Waals surface area (Å²) in [6.45, 7) is -0.265. The van der Waals surface area contributed by atoms with Gasteiger partial charge in [0.2, 0.25) is 0 Å². The van der Waals surface area contributed by atoms with E-state index in [0.717, 1.165) is 22.3 Å². The van der Waals surface area contributed by atoms with Crippen molar-refractivity contribution in [3.63, 3.8) is 0 Å². The summed E-state index contributed by atoms with van der Waals surface area (Å²) in [7, 11) is 1.49. The van der Waals surface area contributed by atoms with Crippen LogP contribution in [-0.2, 0) is 16.6 Å². The predicted octanol–water partition coefficient (Wildman–Crippen LogP) is 2.35. The van der Waals surface area contributed by atoms with Gasteiger partial charge in [-0.25, -0.2) is 9.59 Å². The second kappa shape index (κ2) is 9.75. The number of nitrogens with zero attached hydrogens (tertiary/aromatic N) is 2. The van der Waals surface area contributed by atoms with E-state index in [9.17, 15) is 14.4 Å². The zero-order valence-corrected chi connectivity index (χ0v) is 18.4. The Morgan fingerprint density at radius 3 is 2.29 bits per heavy atom. The third-order valence-corrected chi connectivity index (χ3v) is 5.71. The zero-order valence-electron chi connectivity index (χ0n) is 18.4. The molecule has 0 fully saturated rings. The number of carbonyl (C=O) groups is 3. The third kappa shape index (κ3) is 4.62. The van der Waals surface area contributed by atoms with Crippen LogP contribution in [0.2, 0.25) is 0 Å². The maximum atomic E-state index is 12.4. The summed E-state index contributed by atoms with van der Waals surface area (Å²) < 4.78 is 6.69. The molecule has 4 rings (SSSR count). The van der Waals surface area contributed by atoms with E-state index in [1.807, 2.05) is 48.5 Å². The molecule has 10 nitrogen and oxygen atoms in total. The Balaban J connectivity index is 1.40. The van der Waals surface area contributed by atoms with Gasteiger partial charge in [0.05, 0.1) is 0 Å². The molecule has 1 aliphatic carbocycles. The van der Waals surface area contributed by atoms with Crippen LogP contribution >= 0.6 is 0 Å². The Kier molecular flexibility index (Phi) is 6.60. The number of aliphatic hydroxyl groups is 1. The van der Waals surface area contributed by atoms with E-state index in [1.165, 1.54) is 17.8 Å². The van der Waals surface area contributed by atoms with Crippen molar-refractivity contribution in [2.45, 2.75) is 18.4 Å². The molecule has 34 heavy (non-hydrogen) atoms. The maximum absolute atomic E-state index is 12.4. The zero-order chi connectivity index (χ0) is 24.2. The van der Waals surface area contributed by atoms with Gasteiger partial charge in [-0.05, 0) is 22.3 Å². The summed E-state index contributed by atoms with van der Waals surface area (Å²) in [6, 6.07) is 16.1. The van der Waals surface area contributed by atoms with Gasteiger partial charge in [0.25, 0.3) is 5.91 Å². The van der Waals surface area contributed by atoms with E-state index >= 15 is 0 Å². The maximum Gasteiger partial charge on any atom is 0.412 e. The standard InChI is InChI=1S/C24H24N4O6/c1-28-20(22(30)25-19(10-11-29)23(31)32)12-21(27-28)26-24(33)34-13-18-16-8-4-2-6-14(16)15-7-3-5-9-17(15)18/h2-9,12,18-19,29H,10-11,13H2,1H3,(H,25,30)(H,31,32)(H,26,27,33). The molecule has 1 atom stereocenters. The van der Waals surface area contributed by atoms with Gasteiger partial charge in [-0.1, -0.05) is 48.5 Å². The summed E-state index contributed by atoms with van der Waals surface area (Å²) in [5.74, 6) is -1.97. The van der Waals surface area contributed by atoms with Crippen molar-refractivity contribution in [3.8, 4) is 11.1 Å². The van der Waals surface area contributed by atoms with Gasteiger partial charge in [0, 0.05) is 32.1 Å². The fraction of sp³-hybridized carbons (Fsp3) is 0.250. The first-order chi connectivity index (χ1) is 16.4. The van der Waals surface area contributed by atoms with Crippen LogP contribution in [0, 0.1) is 0 Å². The number of carbonyl (C=O) groups excluding carboxylic acids is 2. The van der Waals surface area contributed by atoms with Crippen LogP contribution in [0.5, 0.6) is 0 Å². The van der Waals surface area contributed by atoms with Crippen LogP contribution in [-0.4, -0.2) is 57.2 Å². The van der Waals surface area contributed by atoms with Gasteiger partial charge >= 0.3 is 12.1 Å². The highest BCUT2D eigenvalue weighted by molar-refractivity contribution is 5.96. The minimum absolute atomic E-state index is 0.0399. The minimum Gasteiger partial charge on any atom is -0.480 e. The van der Waals surface area contributed by atoms with Crippen molar-refractivity contribution in [1.82, 2.24) is 15.1 Å². The van der Waals surface area contributed by atoms with Crippen LogP contribution < -0.4 is 10.6 Å². The summed E-state index contributed by atoms with van der Waals surface area (Å²) in [6.07, 6.45) is -0.861. The van der Waals surface area contributed by atoms with Crippen molar-refractivity contribution in [3.05, 3.63) is 71.4 Å². The van der Waals surface area contributed by atoms with Crippen molar-refractivity contribution in [2.75, 3.05) is 18.5 Å². The molecule has 2 amide bonds. The van der Waals surface area contributed by atoms with Crippen molar-refractivity contribution in [2.24, 2.45) is 7.05 Å². The Morgan fingerprint density at radius 1 is 1.09 bits per heavy atom. The van der Waals surface area contributed by atoms with Crippen molar-refractivity contribution < 1.29 is 29.3 Å². The van der Waals surface area contributed by atoms with E-state index in [4.69, 9.17) is 14.9 Å². The largest absolute Gasteiger partial charge is 0.480 e. The molecule has 1 aliphatic rings. The normalized spacial score (nSPS) is 13.0. The lowest BCUT2D eigenvalue weighted by molar-refractivity contribution is -0.139. The average molecular weight is 464 g/mol. The molecule has 0 aliphatic heterocycles. The van der Waals surface area contributed by atoms with Gasteiger partial charge in [-0.2, -0.15) is 5.10 Å². The summed E-state index contributed by atoms with van der Waals surface area (Å²) in [5.41, 5.74) is 4.45. The molecule has 0 saturated heterocycles. The monoisotopic (exact) mass is 464 g/mol. The molecule has 4 N–H and O–H groups in total. The number of ether oxygens (including phenoxy) is 1. The molecule has 176 valence electrons. The number of amides is 2. The molecule has 10 heteroatoms. The third-order valence-electron chi connectivity index (χ3n) is 5.71. The number of aliphatic carboxylic acids is 1. The van der Waals surface area contributed by atoms with Crippen molar-refractivity contribution >= 4 is 23.8 Å². The average Bonchev–Trinajstić information content (AvgIpc) is 3.34. The number of carboxylic acids is 1. The number of anilines is 1. The first kappa shape index (κ1) is 23.0. The Labute approximate surface area is 195 Å². The second-order valence-electron chi connectivity index (χ2n) is 7.87. The lowest BCUT2D eigenvalue weighted by Crippen LogP contribution is -2.42. The summed E-state index contributed by atoms with van der Waals surface area (Å²) in [4.78, 5) is 36.1. The minimum atomic E-state index is -1.26. The SMILES string of the molecule is Cn1nc(NC(=O)OCC2c3ccccc3-c3ccccc32)cc1C(=O)NC(CCO)C(=O)O. The smallest absolute Gasteiger partial charge is 0.412 e. The summed E-state index contributed by atoms with van der Waals surface area (Å²) >= 11 is 0. The highest BCUT2D eigenvalue weighted by Crippen LogP contribution is 2.44. The van der Waals surface area contributed by atoms with E-state index < -0.39 is 30.6 Å². The number of aryl methyl sites for hydroxylation is 1. The van der Waals surface area contributed by atoms with Crippen molar-refractivity contribution in [1.29, 1.82) is 0 Å². The molecule has 0 spiro atoms. The molecule has 1 heterocycles. The van der Waals surface area contributed by atoms with Crippen LogP contribution in [0.25, 0.3) is 11.1 Å². The summed E-state index contributed by atoms with van der Waals surface area (Å²) in [5, 5.41) is 27.0. The number of hydrogen-bond donors (Lipinski definition) is 4. The molecule has 3 aromatic rings. The second-order valence-corrected chi connectivity index (χ2v) is 7.87.